The number of allylic oxidation sites excluding steroid dienone is 4. The molecule has 0 aliphatic rings. The summed E-state index contributed by atoms with van der Waals surface area (Å²) in [5, 5.41) is 4.56. The van der Waals surface area contributed by atoms with Crippen molar-refractivity contribution in [3.8, 4) is 11.4 Å². The van der Waals surface area contributed by atoms with E-state index >= 15 is 0 Å². The first-order chi connectivity index (χ1) is 20.7. The number of furan rings is 1. The Morgan fingerprint density at radius 2 is 1.48 bits per heavy atom. The minimum absolute atomic E-state index is 0.647. The van der Waals surface area contributed by atoms with Crippen LogP contribution in [0.25, 0.3) is 67.4 Å². The van der Waals surface area contributed by atoms with Crippen LogP contribution in [0.15, 0.2) is 114 Å². The van der Waals surface area contributed by atoms with Gasteiger partial charge in [0, 0.05) is 33.2 Å². The number of fused-ring (bicyclic) bond motifs is 6. The number of aromatic nitrogens is 3. The van der Waals surface area contributed by atoms with E-state index in [1.54, 1.807) is 0 Å². The van der Waals surface area contributed by atoms with Gasteiger partial charge in [0.1, 0.15) is 5.58 Å². The molecule has 206 valence electrons. The van der Waals surface area contributed by atoms with Gasteiger partial charge in [0.25, 0.3) is 0 Å². The van der Waals surface area contributed by atoms with Crippen LogP contribution in [0.1, 0.15) is 43.6 Å². The molecule has 0 atom stereocenters. The van der Waals surface area contributed by atoms with Gasteiger partial charge in [-0.25, -0.2) is 4.98 Å². The van der Waals surface area contributed by atoms with Crippen molar-refractivity contribution in [2.45, 2.75) is 33.6 Å². The van der Waals surface area contributed by atoms with Crippen LogP contribution in [0, 0.1) is 6.92 Å². The highest BCUT2D eigenvalue weighted by atomic mass is 16.3. The topological polar surface area (TPSA) is 35.9 Å². The Morgan fingerprint density at radius 1 is 0.738 bits per heavy atom. The molecule has 7 rings (SSSR count). The summed E-state index contributed by atoms with van der Waals surface area (Å²) in [6.45, 7) is 6.39. The lowest BCUT2D eigenvalue weighted by Crippen LogP contribution is -2.00. The lowest BCUT2D eigenvalue weighted by molar-refractivity contribution is 0.653. The summed E-state index contributed by atoms with van der Waals surface area (Å²) < 4.78 is 10.9. The van der Waals surface area contributed by atoms with Gasteiger partial charge in [-0.15, -0.1) is 0 Å². The van der Waals surface area contributed by atoms with Crippen LogP contribution in [-0.2, 0) is 0 Å². The fourth-order valence-electron chi connectivity index (χ4n) is 6.03. The molecular formula is C38H33N3O. The number of hydrogen-bond acceptors (Lipinski definition) is 2. The van der Waals surface area contributed by atoms with Crippen LogP contribution in [-0.4, -0.2) is 14.1 Å². The smallest absolute Gasteiger partial charge is 0.227 e. The van der Waals surface area contributed by atoms with E-state index in [2.05, 4.69) is 145 Å². The van der Waals surface area contributed by atoms with Crippen molar-refractivity contribution in [2.24, 2.45) is 0 Å². The first-order valence-electron chi connectivity index (χ1n) is 14.7. The van der Waals surface area contributed by atoms with Gasteiger partial charge in [-0.3, -0.25) is 0 Å². The molecule has 4 aromatic heterocycles. The largest absolute Gasteiger partial charge is 0.438 e. The minimum atomic E-state index is 0.647. The number of para-hydroxylation sites is 2. The Morgan fingerprint density at radius 3 is 2.21 bits per heavy atom. The van der Waals surface area contributed by atoms with Gasteiger partial charge >= 0.3 is 0 Å². The second-order valence-electron chi connectivity index (χ2n) is 10.7. The molecule has 0 fully saturated rings. The zero-order valence-electron chi connectivity index (χ0n) is 24.2. The zero-order valence-corrected chi connectivity index (χ0v) is 24.2. The van der Waals surface area contributed by atoms with Crippen LogP contribution in [0.4, 0.5) is 0 Å². The monoisotopic (exact) mass is 547 g/mol. The van der Waals surface area contributed by atoms with Gasteiger partial charge in [0.2, 0.25) is 5.71 Å². The van der Waals surface area contributed by atoms with E-state index in [9.17, 15) is 0 Å². The molecule has 4 heteroatoms. The van der Waals surface area contributed by atoms with Gasteiger partial charge in [-0.05, 0) is 80.8 Å². The second kappa shape index (κ2) is 10.7. The predicted molar refractivity (Wildman–Crippen MR) is 178 cm³/mol. The number of hydrogen-bond donors (Lipinski definition) is 0. The molecule has 0 aliphatic carbocycles. The quantitative estimate of drug-likeness (QED) is 0.186. The molecule has 0 radical (unpaired) electrons. The van der Waals surface area contributed by atoms with Crippen LogP contribution in [0.2, 0.25) is 0 Å². The van der Waals surface area contributed by atoms with E-state index in [0.29, 0.717) is 5.71 Å². The van der Waals surface area contributed by atoms with Crippen LogP contribution in [0.5, 0.6) is 0 Å². The molecule has 0 spiro atoms. The minimum Gasteiger partial charge on any atom is -0.438 e. The maximum absolute atomic E-state index is 6.24. The molecule has 0 N–H and O–H groups in total. The first kappa shape index (κ1) is 25.8. The van der Waals surface area contributed by atoms with Crippen molar-refractivity contribution in [3.05, 3.63) is 126 Å². The molecule has 42 heavy (non-hydrogen) atoms. The van der Waals surface area contributed by atoms with Crippen molar-refractivity contribution in [2.75, 3.05) is 0 Å². The molecule has 0 saturated carbocycles. The highest BCUT2D eigenvalue weighted by molar-refractivity contribution is 6.10. The average Bonchev–Trinajstić information content (AvgIpc) is 3.66. The maximum atomic E-state index is 6.24. The molecule has 0 saturated heterocycles. The third-order valence-corrected chi connectivity index (χ3v) is 8.04. The summed E-state index contributed by atoms with van der Waals surface area (Å²) in [6.07, 6.45) is 16.9. The van der Waals surface area contributed by atoms with Crippen molar-refractivity contribution >= 4 is 56.0 Å². The molecule has 0 aliphatic heterocycles. The SMILES string of the molecule is C/C=C\C/C=C/c1cc(/C=C\CC)c(C)n1-c1cnc2oc3ccc(-n4c5ccccc5c5ccccc54)cc3c2c1. The Bertz CT molecular complexity index is 2130. The molecule has 0 amide bonds. The highest BCUT2D eigenvalue weighted by Gasteiger charge is 2.17. The Balaban J connectivity index is 1.41. The normalized spacial score (nSPS) is 12.5. The summed E-state index contributed by atoms with van der Waals surface area (Å²) in [7, 11) is 0. The van der Waals surface area contributed by atoms with Crippen molar-refractivity contribution in [3.63, 3.8) is 0 Å². The van der Waals surface area contributed by atoms with Gasteiger partial charge < -0.3 is 13.6 Å². The van der Waals surface area contributed by atoms with E-state index in [0.717, 1.165) is 46.3 Å². The molecule has 4 heterocycles. The maximum Gasteiger partial charge on any atom is 0.227 e. The summed E-state index contributed by atoms with van der Waals surface area (Å²) in [4.78, 5) is 4.80. The fourth-order valence-corrected chi connectivity index (χ4v) is 6.03. The van der Waals surface area contributed by atoms with Crippen molar-refractivity contribution in [1.29, 1.82) is 0 Å². The lowest BCUT2D eigenvalue weighted by atomic mass is 10.1. The van der Waals surface area contributed by atoms with Gasteiger partial charge in [0.05, 0.1) is 28.3 Å². The predicted octanol–water partition coefficient (Wildman–Crippen LogP) is 10.6. The van der Waals surface area contributed by atoms with Crippen LogP contribution >= 0.6 is 0 Å². The highest BCUT2D eigenvalue weighted by Crippen LogP contribution is 2.36. The van der Waals surface area contributed by atoms with E-state index in [1.165, 1.54) is 33.1 Å². The Kier molecular flexibility index (Phi) is 6.59. The van der Waals surface area contributed by atoms with Gasteiger partial charge in [0.15, 0.2) is 0 Å². The van der Waals surface area contributed by atoms with Gasteiger partial charge in [-0.1, -0.05) is 73.7 Å². The standard InChI is InChI=1S/C38H33N3O/c1-4-6-8-9-15-28-22-27(14-7-5-2)26(3)40(28)30-24-34-33-23-29(20-21-37(33)42-38(34)39-25-30)41-35-18-12-10-16-31(35)32-17-11-13-19-36(32)41/h4,6-7,9-25H,5,8H2,1-3H3/b6-4-,14-7-,15-9+. The molecule has 7 aromatic rings. The van der Waals surface area contributed by atoms with E-state index in [-0.39, 0.29) is 0 Å². The summed E-state index contributed by atoms with van der Waals surface area (Å²) in [5.41, 5.74) is 9.52. The lowest BCUT2D eigenvalue weighted by Gasteiger charge is -2.10. The number of pyridine rings is 1. The van der Waals surface area contributed by atoms with Crippen LogP contribution in [0.3, 0.4) is 0 Å². The summed E-state index contributed by atoms with van der Waals surface area (Å²) in [5.74, 6) is 0. The zero-order chi connectivity index (χ0) is 28.6. The molecule has 0 bridgehead atoms. The van der Waals surface area contributed by atoms with E-state index < -0.39 is 0 Å². The summed E-state index contributed by atoms with van der Waals surface area (Å²) in [6, 6.07) is 28.1. The van der Waals surface area contributed by atoms with E-state index in [4.69, 9.17) is 9.40 Å². The number of nitrogens with zero attached hydrogens (tertiary/aromatic N) is 3. The Hall–Kier alpha value is -5.09. The third kappa shape index (κ3) is 4.27. The molecule has 0 unspecified atom stereocenters. The first-order valence-corrected chi connectivity index (χ1v) is 14.7. The number of rotatable bonds is 7. The van der Waals surface area contributed by atoms with E-state index in [1.807, 2.05) is 6.20 Å². The van der Waals surface area contributed by atoms with Gasteiger partial charge in [-0.2, -0.15) is 0 Å². The van der Waals surface area contributed by atoms with Crippen molar-refractivity contribution in [1.82, 2.24) is 14.1 Å². The average molecular weight is 548 g/mol. The fraction of sp³-hybridized carbons (Fsp3) is 0.132. The van der Waals surface area contributed by atoms with Crippen molar-refractivity contribution < 1.29 is 4.42 Å². The number of benzene rings is 3. The second-order valence-corrected chi connectivity index (χ2v) is 10.7. The molecular weight excluding hydrogens is 514 g/mol. The van der Waals surface area contributed by atoms with Crippen LogP contribution < -0.4 is 0 Å². The molecule has 3 aromatic carbocycles. The molecule has 4 nitrogen and oxygen atoms in total. The third-order valence-electron chi connectivity index (χ3n) is 8.04. The summed E-state index contributed by atoms with van der Waals surface area (Å²) >= 11 is 0. The Labute approximate surface area is 245 Å².